The minimum atomic E-state index is -3.11. The summed E-state index contributed by atoms with van der Waals surface area (Å²) in [5, 5.41) is 3.16. The molecule has 1 aliphatic rings. The van der Waals surface area contributed by atoms with Crippen LogP contribution in [0, 0.1) is 6.92 Å². The first kappa shape index (κ1) is 19.3. The summed E-state index contributed by atoms with van der Waals surface area (Å²) >= 11 is 0. The zero-order chi connectivity index (χ0) is 17.7. The quantitative estimate of drug-likeness (QED) is 0.662. The maximum absolute atomic E-state index is 11.6. The molecule has 1 aliphatic carbocycles. The fourth-order valence-electron chi connectivity index (χ4n) is 3.44. The zero-order valence-electron chi connectivity index (χ0n) is 15.5. The summed E-state index contributed by atoms with van der Waals surface area (Å²) < 4.78 is 25.9. The first-order valence-electron chi connectivity index (χ1n) is 9.17. The van der Waals surface area contributed by atoms with Gasteiger partial charge in [-0.15, -0.1) is 0 Å². The average Bonchev–Trinajstić information content (AvgIpc) is 2.87. The molecule has 1 aromatic rings. The molecule has 136 valence electrons. The summed E-state index contributed by atoms with van der Waals surface area (Å²) in [5.74, 6) is 0.698. The fraction of sp³-hybridized carbons (Fsp3) is 0.684. The summed E-state index contributed by atoms with van der Waals surface area (Å²) in [5.41, 5.74) is 5.69. The Hall–Kier alpha value is -1.07. The molecule has 0 spiro atoms. The first-order valence-corrected chi connectivity index (χ1v) is 10.7. The van der Waals surface area contributed by atoms with E-state index in [9.17, 15) is 8.42 Å². The van der Waals surface area contributed by atoms with E-state index in [-0.39, 0.29) is 5.25 Å². The predicted octanol–water partition coefficient (Wildman–Crippen LogP) is 3.95. The van der Waals surface area contributed by atoms with Crippen LogP contribution in [-0.2, 0) is 16.4 Å². The molecule has 1 atom stereocenters. The van der Waals surface area contributed by atoms with E-state index in [0.29, 0.717) is 12.5 Å². The summed E-state index contributed by atoms with van der Waals surface area (Å²) in [7, 11) is -3.11. The second-order valence-electron chi connectivity index (χ2n) is 7.28. The van der Waals surface area contributed by atoms with Crippen molar-refractivity contribution in [1.29, 1.82) is 0 Å². The Balaban J connectivity index is 1.68. The maximum Gasteiger partial charge on any atom is 0.213 e. The van der Waals surface area contributed by atoms with E-state index in [0.717, 1.165) is 25.8 Å². The zero-order valence-corrected chi connectivity index (χ0v) is 16.3. The highest BCUT2D eigenvalue weighted by atomic mass is 32.2. The summed E-state index contributed by atoms with van der Waals surface area (Å²) in [6, 6.07) is 4.57. The number of sulfonamides is 1. The minimum absolute atomic E-state index is 0.357. The van der Waals surface area contributed by atoms with Gasteiger partial charge in [0.15, 0.2) is 0 Å². The number of fused-ring (bicyclic) bond motifs is 1. The SMILES string of the molecule is Cc1cc(NCCCCCNS(=O)(=O)C(C)C)cc2c1C(C)CC2. The molecule has 1 aromatic carbocycles. The van der Waals surface area contributed by atoms with E-state index < -0.39 is 10.0 Å². The van der Waals surface area contributed by atoms with Gasteiger partial charge in [-0.3, -0.25) is 0 Å². The number of benzene rings is 1. The summed E-state index contributed by atoms with van der Waals surface area (Å²) in [4.78, 5) is 0. The van der Waals surface area contributed by atoms with Gasteiger partial charge in [0, 0.05) is 18.8 Å². The van der Waals surface area contributed by atoms with Crippen molar-refractivity contribution >= 4 is 15.7 Å². The molecule has 0 aromatic heterocycles. The lowest BCUT2D eigenvalue weighted by molar-refractivity contribution is 0.566. The fourth-order valence-corrected chi connectivity index (χ4v) is 4.20. The number of anilines is 1. The van der Waals surface area contributed by atoms with Gasteiger partial charge in [-0.05, 0) is 81.2 Å². The maximum atomic E-state index is 11.6. The lowest BCUT2D eigenvalue weighted by Gasteiger charge is -2.13. The number of nitrogens with one attached hydrogen (secondary N) is 2. The van der Waals surface area contributed by atoms with E-state index in [1.54, 1.807) is 19.4 Å². The summed E-state index contributed by atoms with van der Waals surface area (Å²) in [6.07, 6.45) is 5.42. The highest BCUT2D eigenvalue weighted by Crippen LogP contribution is 2.36. The Labute approximate surface area is 147 Å². The molecule has 2 rings (SSSR count). The Morgan fingerprint density at radius 3 is 2.58 bits per heavy atom. The van der Waals surface area contributed by atoms with E-state index >= 15 is 0 Å². The molecule has 0 saturated carbocycles. The normalized spacial score (nSPS) is 17.3. The standard InChI is InChI=1S/C19H32N2O2S/c1-14(2)24(22,23)21-11-7-5-6-10-20-18-12-16(4)19-15(3)8-9-17(19)13-18/h12-15,20-21H,5-11H2,1-4H3. The van der Waals surface area contributed by atoms with Crippen LogP contribution in [0.1, 0.15) is 69.1 Å². The molecule has 2 N–H and O–H groups in total. The molecule has 0 amide bonds. The molecule has 5 heteroatoms. The van der Waals surface area contributed by atoms with Crippen molar-refractivity contribution in [3.05, 3.63) is 28.8 Å². The van der Waals surface area contributed by atoms with Gasteiger partial charge in [-0.2, -0.15) is 0 Å². The molecule has 0 radical (unpaired) electrons. The van der Waals surface area contributed by atoms with Gasteiger partial charge in [0.05, 0.1) is 5.25 Å². The highest BCUT2D eigenvalue weighted by Gasteiger charge is 2.20. The van der Waals surface area contributed by atoms with Gasteiger partial charge in [-0.1, -0.05) is 13.3 Å². The van der Waals surface area contributed by atoms with Gasteiger partial charge in [0.2, 0.25) is 10.0 Å². The van der Waals surface area contributed by atoms with Crippen LogP contribution in [0.4, 0.5) is 5.69 Å². The lowest BCUT2D eigenvalue weighted by Crippen LogP contribution is -2.31. The number of unbranched alkanes of at least 4 members (excludes halogenated alkanes) is 2. The van der Waals surface area contributed by atoms with Crippen molar-refractivity contribution in [3.8, 4) is 0 Å². The van der Waals surface area contributed by atoms with Crippen LogP contribution >= 0.6 is 0 Å². The van der Waals surface area contributed by atoms with Gasteiger partial charge in [0.1, 0.15) is 0 Å². The molecule has 0 saturated heterocycles. The molecule has 0 fully saturated rings. The molecular formula is C19H32N2O2S. The molecule has 24 heavy (non-hydrogen) atoms. The number of aryl methyl sites for hydroxylation is 2. The van der Waals surface area contributed by atoms with Crippen molar-refractivity contribution in [2.75, 3.05) is 18.4 Å². The third-order valence-electron chi connectivity index (χ3n) is 4.92. The van der Waals surface area contributed by atoms with Crippen molar-refractivity contribution in [1.82, 2.24) is 4.72 Å². The molecule has 4 nitrogen and oxygen atoms in total. The van der Waals surface area contributed by atoms with Crippen molar-refractivity contribution < 1.29 is 8.42 Å². The van der Waals surface area contributed by atoms with Gasteiger partial charge in [0.25, 0.3) is 0 Å². The van der Waals surface area contributed by atoms with Crippen molar-refractivity contribution in [2.45, 2.75) is 71.0 Å². The average molecular weight is 353 g/mol. The van der Waals surface area contributed by atoms with Gasteiger partial charge in [-0.25, -0.2) is 13.1 Å². The van der Waals surface area contributed by atoms with Crippen LogP contribution in [0.15, 0.2) is 12.1 Å². The molecular weight excluding hydrogens is 320 g/mol. The van der Waals surface area contributed by atoms with Crippen LogP contribution in [0.2, 0.25) is 0 Å². The Bertz CT molecular complexity index is 654. The van der Waals surface area contributed by atoms with Crippen LogP contribution in [0.5, 0.6) is 0 Å². The topological polar surface area (TPSA) is 58.2 Å². The van der Waals surface area contributed by atoms with E-state index in [1.807, 2.05) is 0 Å². The van der Waals surface area contributed by atoms with Crippen LogP contribution in [0.3, 0.4) is 0 Å². The van der Waals surface area contributed by atoms with E-state index in [2.05, 4.69) is 36.0 Å². The van der Waals surface area contributed by atoms with Crippen LogP contribution in [0.25, 0.3) is 0 Å². The first-order chi connectivity index (χ1) is 11.3. The van der Waals surface area contributed by atoms with Crippen molar-refractivity contribution in [2.24, 2.45) is 0 Å². The number of hydrogen-bond donors (Lipinski definition) is 2. The Morgan fingerprint density at radius 1 is 1.17 bits per heavy atom. The highest BCUT2D eigenvalue weighted by molar-refractivity contribution is 7.90. The number of rotatable bonds is 9. The Kier molecular flexibility index (Phi) is 6.70. The Morgan fingerprint density at radius 2 is 1.88 bits per heavy atom. The van der Waals surface area contributed by atoms with E-state index in [1.165, 1.54) is 29.7 Å². The summed E-state index contributed by atoms with van der Waals surface area (Å²) in [6.45, 7) is 9.41. The molecule has 0 heterocycles. The van der Waals surface area contributed by atoms with Crippen LogP contribution < -0.4 is 10.0 Å². The smallest absolute Gasteiger partial charge is 0.213 e. The molecule has 0 bridgehead atoms. The lowest BCUT2D eigenvalue weighted by atomic mass is 9.97. The minimum Gasteiger partial charge on any atom is -0.385 e. The molecule has 0 aliphatic heterocycles. The third kappa shape index (κ3) is 4.96. The third-order valence-corrected chi connectivity index (χ3v) is 6.77. The van der Waals surface area contributed by atoms with Gasteiger partial charge < -0.3 is 5.32 Å². The van der Waals surface area contributed by atoms with Crippen LogP contribution in [-0.4, -0.2) is 26.8 Å². The molecule has 1 unspecified atom stereocenters. The van der Waals surface area contributed by atoms with Gasteiger partial charge >= 0.3 is 0 Å². The largest absolute Gasteiger partial charge is 0.385 e. The predicted molar refractivity (Wildman–Crippen MR) is 102 cm³/mol. The monoisotopic (exact) mass is 352 g/mol. The van der Waals surface area contributed by atoms with E-state index in [4.69, 9.17) is 0 Å². The second-order valence-corrected chi connectivity index (χ2v) is 9.60. The van der Waals surface area contributed by atoms with Crippen molar-refractivity contribution in [3.63, 3.8) is 0 Å². The number of hydrogen-bond acceptors (Lipinski definition) is 3. The second kappa shape index (κ2) is 8.34.